The van der Waals surface area contributed by atoms with E-state index in [1.807, 2.05) is 13.0 Å². The molecule has 1 atom stereocenters. The van der Waals surface area contributed by atoms with Crippen molar-refractivity contribution in [1.29, 1.82) is 0 Å². The van der Waals surface area contributed by atoms with Crippen LogP contribution in [-0.2, 0) is 15.8 Å². The minimum atomic E-state index is -4.56. The van der Waals surface area contributed by atoms with Gasteiger partial charge < -0.3 is 14.6 Å². The summed E-state index contributed by atoms with van der Waals surface area (Å²) < 4.78 is 49.7. The van der Waals surface area contributed by atoms with Crippen LogP contribution in [0.1, 0.15) is 28.3 Å². The maximum absolute atomic E-state index is 13.2. The largest absolute Gasteiger partial charge is 0.507 e. The Morgan fingerprint density at radius 2 is 1.58 bits per heavy atom. The third-order valence-corrected chi connectivity index (χ3v) is 5.93. The van der Waals surface area contributed by atoms with E-state index in [9.17, 15) is 27.9 Å². The van der Waals surface area contributed by atoms with Gasteiger partial charge in [-0.3, -0.25) is 14.5 Å². The number of ketones is 1. The monoisotopic (exact) mass is 497 g/mol. The highest BCUT2D eigenvalue weighted by atomic mass is 19.4. The molecule has 0 radical (unpaired) electrons. The Balaban J connectivity index is 1.94. The molecule has 1 aliphatic heterocycles. The molecule has 1 N–H and O–H groups in total. The van der Waals surface area contributed by atoms with Crippen molar-refractivity contribution in [3.05, 3.63) is 94.6 Å². The smallest absolute Gasteiger partial charge is 0.416 e. The second kappa shape index (κ2) is 9.41. The molecule has 36 heavy (non-hydrogen) atoms. The lowest BCUT2D eigenvalue weighted by atomic mass is 9.94. The number of amides is 1. The molecule has 1 aliphatic rings. The number of methoxy groups -OCH3 is 2. The van der Waals surface area contributed by atoms with Gasteiger partial charge in [-0.1, -0.05) is 30.3 Å². The summed E-state index contributed by atoms with van der Waals surface area (Å²) in [5.74, 6) is -1.68. The zero-order valence-corrected chi connectivity index (χ0v) is 19.6. The first-order valence-corrected chi connectivity index (χ1v) is 10.8. The van der Waals surface area contributed by atoms with Crippen LogP contribution in [0.2, 0.25) is 0 Å². The molecule has 4 rings (SSSR count). The fourth-order valence-corrected chi connectivity index (χ4v) is 4.19. The van der Waals surface area contributed by atoms with Crippen LogP contribution in [0.25, 0.3) is 5.76 Å². The van der Waals surface area contributed by atoms with E-state index in [1.54, 1.807) is 36.4 Å². The lowest BCUT2D eigenvalue weighted by molar-refractivity contribution is -0.137. The molecule has 0 saturated carbocycles. The Kier molecular flexibility index (Phi) is 6.49. The van der Waals surface area contributed by atoms with Gasteiger partial charge in [0, 0.05) is 11.3 Å². The van der Waals surface area contributed by atoms with Crippen molar-refractivity contribution in [2.75, 3.05) is 19.1 Å². The number of hydrogen-bond donors (Lipinski definition) is 1. The molecule has 0 bridgehead atoms. The standard InChI is InChI=1S/C27H22F3NO5/c1-15-5-4-6-19(13-15)31-23(17-9-12-20(35-2)21(14-17)36-3)22(25(33)26(31)34)24(32)16-7-10-18(11-8-16)27(28,29)30/h4-14,23,32H,1-3H3/b24-22+. The first-order chi connectivity index (χ1) is 17.1. The van der Waals surface area contributed by atoms with Gasteiger partial charge in [0.2, 0.25) is 0 Å². The quantitative estimate of drug-likeness (QED) is 0.280. The Hall–Kier alpha value is -4.27. The van der Waals surface area contributed by atoms with Crippen molar-refractivity contribution in [3.63, 3.8) is 0 Å². The van der Waals surface area contributed by atoms with Gasteiger partial charge in [0.15, 0.2) is 11.5 Å². The average molecular weight is 497 g/mol. The maximum Gasteiger partial charge on any atom is 0.416 e. The summed E-state index contributed by atoms with van der Waals surface area (Å²) in [7, 11) is 2.89. The van der Waals surface area contributed by atoms with Gasteiger partial charge in [-0.2, -0.15) is 13.2 Å². The van der Waals surface area contributed by atoms with E-state index in [4.69, 9.17) is 9.47 Å². The number of anilines is 1. The minimum Gasteiger partial charge on any atom is -0.507 e. The Labute approximate surface area is 205 Å². The zero-order valence-electron chi connectivity index (χ0n) is 19.6. The number of hydrogen-bond acceptors (Lipinski definition) is 5. The molecule has 1 fully saturated rings. The van der Waals surface area contributed by atoms with E-state index >= 15 is 0 Å². The van der Waals surface area contributed by atoms with Crippen molar-refractivity contribution in [2.24, 2.45) is 0 Å². The highest BCUT2D eigenvalue weighted by Gasteiger charge is 2.47. The van der Waals surface area contributed by atoms with Crippen molar-refractivity contribution in [3.8, 4) is 11.5 Å². The van der Waals surface area contributed by atoms with Crippen molar-refractivity contribution in [1.82, 2.24) is 0 Å². The predicted molar refractivity (Wildman–Crippen MR) is 127 cm³/mol. The number of halogens is 3. The van der Waals surface area contributed by atoms with Crippen LogP contribution in [-0.4, -0.2) is 31.0 Å². The summed E-state index contributed by atoms with van der Waals surface area (Å²) in [6.07, 6.45) is -4.56. The van der Waals surface area contributed by atoms with Crippen LogP contribution >= 0.6 is 0 Å². The number of alkyl halides is 3. The number of Topliss-reactive ketones (excluding diaryl/α,β-unsaturated/α-hetero) is 1. The summed E-state index contributed by atoms with van der Waals surface area (Å²) in [5.41, 5.74) is 0.494. The number of carbonyl (C=O) groups excluding carboxylic acids is 2. The van der Waals surface area contributed by atoms with Crippen LogP contribution < -0.4 is 14.4 Å². The number of ether oxygens (including phenoxy) is 2. The van der Waals surface area contributed by atoms with Gasteiger partial charge >= 0.3 is 6.18 Å². The van der Waals surface area contributed by atoms with Crippen LogP contribution in [0.5, 0.6) is 11.5 Å². The molecule has 1 heterocycles. The van der Waals surface area contributed by atoms with E-state index in [2.05, 4.69) is 0 Å². The summed E-state index contributed by atoms with van der Waals surface area (Å²) >= 11 is 0. The highest BCUT2D eigenvalue weighted by molar-refractivity contribution is 6.51. The lowest BCUT2D eigenvalue weighted by Gasteiger charge is -2.26. The summed E-state index contributed by atoms with van der Waals surface area (Å²) in [4.78, 5) is 27.7. The molecule has 1 unspecified atom stereocenters. The molecule has 6 nitrogen and oxygen atoms in total. The fourth-order valence-electron chi connectivity index (χ4n) is 4.19. The molecule has 3 aromatic carbocycles. The van der Waals surface area contributed by atoms with Gasteiger partial charge in [0.25, 0.3) is 11.7 Å². The molecular formula is C27H22F3NO5. The number of aliphatic hydroxyl groups excluding tert-OH is 1. The number of aryl methyl sites for hydroxylation is 1. The SMILES string of the molecule is COc1ccc(C2/C(=C(\O)c3ccc(C(F)(F)F)cc3)C(=O)C(=O)N2c2cccc(C)c2)cc1OC. The molecule has 186 valence electrons. The minimum absolute atomic E-state index is 0.0317. The second-order valence-electron chi connectivity index (χ2n) is 8.20. The van der Waals surface area contributed by atoms with Crippen LogP contribution in [0.15, 0.2) is 72.3 Å². The lowest BCUT2D eigenvalue weighted by Crippen LogP contribution is -2.29. The number of aliphatic hydroxyl groups is 1. The maximum atomic E-state index is 13.2. The topological polar surface area (TPSA) is 76.1 Å². The molecule has 0 spiro atoms. The number of rotatable bonds is 5. The summed E-state index contributed by atoms with van der Waals surface area (Å²) in [5, 5.41) is 11.1. The Bertz CT molecular complexity index is 1360. The van der Waals surface area contributed by atoms with Crippen LogP contribution in [0.4, 0.5) is 18.9 Å². The fraction of sp³-hybridized carbons (Fsp3) is 0.185. The van der Waals surface area contributed by atoms with Crippen LogP contribution in [0, 0.1) is 6.92 Å². The molecule has 1 amide bonds. The number of benzene rings is 3. The predicted octanol–water partition coefficient (Wildman–Crippen LogP) is 5.66. The van der Waals surface area contributed by atoms with E-state index in [-0.39, 0.29) is 11.1 Å². The van der Waals surface area contributed by atoms with Gasteiger partial charge in [-0.15, -0.1) is 0 Å². The van der Waals surface area contributed by atoms with Gasteiger partial charge in [0.05, 0.1) is 31.4 Å². The van der Waals surface area contributed by atoms with Gasteiger partial charge in [-0.05, 0) is 54.4 Å². The highest BCUT2D eigenvalue weighted by Crippen LogP contribution is 2.44. The number of nitrogens with zero attached hydrogens (tertiary/aromatic N) is 1. The van der Waals surface area contributed by atoms with E-state index in [0.29, 0.717) is 22.7 Å². The van der Waals surface area contributed by atoms with Crippen molar-refractivity contribution < 1.29 is 37.3 Å². The van der Waals surface area contributed by atoms with Crippen molar-refractivity contribution >= 4 is 23.1 Å². The van der Waals surface area contributed by atoms with Crippen LogP contribution in [0.3, 0.4) is 0 Å². The molecule has 3 aromatic rings. The second-order valence-corrected chi connectivity index (χ2v) is 8.20. The normalized spacial score (nSPS) is 17.4. The first-order valence-electron chi connectivity index (χ1n) is 10.8. The Morgan fingerprint density at radius 1 is 0.917 bits per heavy atom. The van der Waals surface area contributed by atoms with Gasteiger partial charge in [-0.25, -0.2) is 0 Å². The molecule has 0 aromatic heterocycles. The zero-order chi connectivity index (χ0) is 26.2. The third-order valence-electron chi connectivity index (χ3n) is 5.93. The van der Waals surface area contributed by atoms with Crippen molar-refractivity contribution in [2.45, 2.75) is 19.1 Å². The van der Waals surface area contributed by atoms with E-state index < -0.39 is 35.2 Å². The summed E-state index contributed by atoms with van der Waals surface area (Å²) in [6.45, 7) is 1.83. The Morgan fingerprint density at radius 3 is 2.17 bits per heavy atom. The average Bonchev–Trinajstić information content (AvgIpc) is 3.13. The number of carbonyl (C=O) groups is 2. The third kappa shape index (κ3) is 4.39. The van der Waals surface area contributed by atoms with E-state index in [1.165, 1.54) is 19.1 Å². The molecule has 1 saturated heterocycles. The van der Waals surface area contributed by atoms with E-state index in [0.717, 1.165) is 29.8 Å². The molecule has 9 heteroatoms. The van der Waals surface area contributed by atoms with Gasteiger partial charge in [0.1, 0.15) is 5.76 Å². The first kappa shape index (κ1) is 24.8. The summed E-state index contributed by atoms with van der Waals surface area (Å²) in [6, 6.07) is 14.4. The molecule has 0 aliphatic carbocycles. The molecular weight excluding hydrogens is 475 g/mol.